The predicted molar refractivity (Wildman–Crippen MR) is 131 cm³/mol. The zero-order chi connectivity index (χ0) is 24.0. The van der Waals surface area contributed by atoms with E-state index in [-0.39, 0.29) is 11.2 Å². The zero-order valence-corrected chi connectivity index (χ0v) is 21.0. The third kappa shape index (κ3) is 6.76. The number of amides is 1. The molecular weight excluding hydrogens is 487 g/mol. The van der Waals surface area contributed by atoms with E-state index in [2.05, 4.69) is 10.2 Å². The van der Waals surface area contributed by atoms with Crippen molar-refractivity contribution in [1.82, 2.24) is 4.90 Å². The topological polar surface area (TPSA) is 84.9 Å². The molecule has 0 aromatic heterocycles. The first-order valence-corrected chi connectivity index (χ1v) is 13.0. The number of rotatable bonds is 9. The summed E-state index contributed by atoms with van der Waals surface area (Å²) in [5, 5.41) is 3.23. The summed E-state index contributed by atoms with van der Waals surface area (Å²) in [5.41, 5.74) is 0.488. The predicted octanol–water partition coefficient (Wildman–Crippen LogP) is 4.67. The van der Waals surface area contributed by atoms with Crippen molar-refractivity contribution >= 4 is 44.6 Å². The quantitative estimate of drug-likeness (QED) is 0.489. The van der Waals surface area contributed by atoms with Gasteiger partial charge in [0.2, 0.25) is 5.91 Å². The molecule has 0 radical (unpaired) electrons. The van der Waals surface area contributed by atoms with Gasteiger partial charge in [-0.25, -0.2) is 8.42 Å². The van der Waals surface area contributed by atoms with Gasteiger partial charge in [-0.2, -0.15) is 0 Å². The number of benzene rings is 2. The molecule has 1 saturated heterocycles. The number of hydrogen-bond acceptors (Lipinski definition) is 6. The first kappa shape index (κ1) is 25.6. The van der Waals surface area contributed by atoms with Crippen molar-refractivity contribution in [3.63, 3.8) is 0 Å². The van der Waals surface area contributed by atoms with Gasteiger partial charge in [-0.3, -0.25) is 4.79 Å². The van der Waals surface area contributed by atoms with E-state index in [1.165, 1.54) is 14.0 Å². The molecule has 0 spiro atoms. The normalized spacial score (nSPS) is 15.3. The van der Waals surface area contributed by atoms with Gasteiger partial charge in [0.15, 0.2) is 9.84 Å². The van der Waals surface area contributed by atoms with Gasteiger partial charge in [0.1, 0.15) is 11.5 Å². The van der Waals surface area contributed by atoms with Crippen molar-refractivity contribution in [2.24, 2.45) is 0 Å². The van der Waals surface area contributed by atoms with E-state index in [0.29, 0.717) is 64.7 Å². The van der Waals surface area contributed by atoms with Crippen LogP contribution in [-0.4, -0.2) is 57.8 Å². The number of piperidine rings is 1. The average molecular weight is 515 g/mol. The Labute approximate surface area is 204 Å². The second-order valence-corrected chi connectivity index (χ2v) is 11.0. The van der Waals surface area contributed by atoms with Crippen molar-refractivity contribution in [1.29, 1.82) is 0 Å². The van der Waals surface area contributed by atoms with E-state index in [1.807, 2.05) is 0 Å². The highest BCUT2D eigenvalue weighted by Crippen LogP contribution is 2.36. The smallest absolute Gasteiger partial charge is 0.221 e. The lowest BCUT2D eigenvalue weighted by Gasteiger charge is -2.31. The minimum Gasteiger partial charge on any atom is -0.495 e. The summed E-state index contributed by atoms with van der Waals surface area (Å²) in [6, 6.07) is 9.61. The number of methoxy groups -OCH3 is 1. The van der Waals surface area contributed by atoms with Gasteiger partial charge in [-0.1, -0.05) is 23.2 Å². The number of sulfone groups is 1. The van der Waals surface area contributed by atoms with Gasteiger partial charge in [0.05, 0.1) is 34.6 Å². The molecule has 7 nitrogen and oxygen atoms in total. The third-order valence-electron chi connectivity index (χ3n) is 5.56. The average Bonchev–Trinajstić information content (AvgIpc) is 2.78. The molecule has 1 aliphatic rings. The van der Waals surface area contributed by atoms with E-state index >= 15 is 0 Å². The Morgan fingerprint density at radius 3 is 2.39 bits per heavy atom. The Kier molecular flexibility index (Phi) is 8.87. The lowest BCUT2D eigenvalue weighted by Crippen LogP contribution is -2.40. The molecule has 0 saturated carbocycles. The molecule has 33 heavy (non-hydrogen) atoms. The fourth-order valence-corrected chi connectivity index (χ4v) is 5.93. The number of likely N-dealkylation sites (tertiary alicyclic amines) is 1. The van der Waals surface area contributed by atoms with Crippen LogP contribution in [0.3, 0.4) is 0 Å². The van der Waals surface area contributed by atoms with E-state index in [1.54, 1.807) is 36.4 Å². The van der Waals surface area contributed by atoms with Crippen LogP contribution in [0.2, 0.25) is 10.0 Å². The summed E-state index contributed by atoms with van der Waals surface area (Å²) in [5.74, 6) is 0.724. The van der Waals surface area contributed by atoms with Crippen molar-refractivity contribution in [2.75, 3.05) is 38.7 Å². The van der Waals surface area contributed by atoms with Crippen LogP contribution in [0, 0.1) is 0 Å². The summed E-state index contributed by atoms with van der Waals surface area (Å²) in [6.07, 6.45) is 1.93. The number of ether oxygens (including phenoxy) is 2. The molecule has 1 aliphatic heterocycles. The monoisotopic (exact) mass is 514 g/mol. The highest BCUT2D eigenvalue weighted by atomic mass is 35.5. The SMILES string of the molecule is COc1cc(OCCCN2CCC(S(=O)(=O)c3ccc(Cl)cc3)CC2)c(NC(C)=O)cc1Cl. The fraction of sp³-hybridized carbons (Fsp3) is 0.435. The van der Waals surface area contributed by atoms with Crippen molar-refractivity contribution in [3.8, 4) is 11.5 Å². The van der Waals surface area contributed by atoms with Crippen LogP contribution in [0.1, 0.15) is 26.2 Å². The molecule has 1 heterocycles. The number of halogens is 2. The van der Waals surface area contributed by atoms with Gasteiger partial charge in [0.25, 0.3) is 0 Å². The molecule has 0 atom stereocenters. The van der Waals surface area contributed by atoms with Crippen LogP contribution in [0.15, 0.2) is 41.3 Å². The van der Waals surface area contributed by atoms with Crippen LogP contribution in [0.25, 0.3) is 0 Å². The van der Waals surface area contributed by atoms with E-state index in [4.69, 9.17) is 32.7 Å². The maximum atomic E-state index is 12.9. The van der Waals surface area contributed by atoms with Crippen LogP contribution in [0.4, 0.5) is 5.69 Å². The number of nitrogens with zero attached hydrogens (tertiary/aromatic N) is 1. The lowest BCUT2D eigenvalue weighted by molar-refractivity contribution is -0.114. The molecule has 0 unspecified atom stereocenters. The largest absolute Gasteiger partial charge is 0.495 e. The number of carbonyl (C=O) groups is 1. The molecule has 2 aromatic carbocycles. The molecule has 0 bridgehead atoms. The summed E-state index contributed by atoms with van der Waals surface area (Å²) < 4.78 is 36.9. The van der Waals surface area contributed by atoms with Gasteiger partial charge in [-0.15, -0.1) is 0 Å². The number of carbonyl (C=O) groups excluding carboxylic acids is 1. The highest BCUT2D eigenvalue weighted by Gasteiger charge is 2.31. The lowest BCUT2D eigenvalue weighted by atomic mass is 10.1. The third-order valence-corrected chi connectivity index (χ3v) is 8.38. The number of anilines is 1. The van der Waals surface area contributed by atoms with Crippen LogP contribution in [-0.2, 0) is 14.6 Å². The maximum absolute atomic E-state index is 12.9. The van der Waals surface area contributed by atoms with Crippen LogP contribution >= 0.6 is 23.2 Å². The Balaban J connectivity index is 1.49. The van der Waals surface area contributed by atoms with Crippen molar-refractivity contribution in [2.45, 2.75) is 36.3 Å². The van der Waals surface area contributed by atoms with Crippen molar-refractivity contribution in [3.05, 3.63) is 46.4 Å². The Morgan fingerprint density at radius 2 is 1.79 bits per heavy atom. The zero-order valence-electron chi connectivity index (χ0n) is 18.6. The Hall–Kier alpha value is -2.00. The minimum atomic E-state index is -3.36. The van der Waals surface area contributed by atoms with E-state index < -0.39 is 9.84 Å². The summed E-state index contributed by atoms with van der Waals surface area (Å²) >= 11 is 12.0. The summed E-state index contributed by atoms with van der Waals surface area (Å²) in [6.45, 7) is 4.06. The molecule has 180 valence electrons. The molecule has 1 amide bonds. The summed E-state index contributed by atoms with van der Waals surface area (Å²) in [7, 11) is -1.84. The molecule has 10 heteroatoms. The number of hydrogen-bond donors (Lipinski definition) is 1. The van der Waals surface area contributed by atoms with Gasteiger partial charge >= 0.3 is 0 Å². The molecule has 1 fully saturated rings. The number of nitrogens with one attached hydrogen (secondary N) is 1. The first-order chi connectivity index (χ1) is 15.7. The molecule has 3 rings (SSSR count). The highest BCUT2D eigenvalue weighted by molar-refractivity contribution is 7.92. The molecule has 1 N–H and O–H groups in total. The van der Waals surface area contributed by atoms with Crippen LogP contribution < -0.4 is 14.8 Å². The second-order valence-electron chi connectivity index (χ2n) is 7.91. The summed E-state index contributed by atoms with van der Waals surface area (Å²) in [4.78, 5) is 14.0. The van der Waals surface area contributed by atoms with Gasteiger partial charge in [0, 0.05) is 24.6 Å². The molecule has 0 aliphatic carbocycles. The van der Waals surface area contributed by atoms with Crippen molar-refractivity contribution < 1.29 is 22.7 Å². The maximum Gasteiger partial charge on any atom is 0.221 e. The molecule has 2 aromatic rings. The van der Waals surface area contributed by atoms with Crippen LogP contribution in [0.5, 0.6) is 11.5 Å². The Bertz CT molecular complexity index is 1070. The Morgan fingerprint density at radius 1 is 1.12 bits per heavy atom. The van der Waals surface area contributed by atoms with Gasteiger partial charge < -0.3 is 19.7 Å². The van der Waals surface area contributed by atoms with E-state index in [0.717, 1.165) is 13.0 Å². The standard InChI is InChI=1S/C23H28Cl2N2O5S/c1-16(28)26-21-14-20(25)22(31-2)15-23(21)32-13-3-10-27-11-8-19(9-12-27)33(29,30)18-6-4-17(24)5-7-18/h4-7,14-15,19H,3,8-13H2,1-2H3,(H,26,28). The fourth-order valence-electron chi connectivity index (χ4n) is 3.83. The van der Waals surface area contributed by atoms with Gasteiger partial charge in [-0.05, 0) is 62.7 Å². The second kappa shape index (κ2) is 11.4. The minimum absolute atomic E-state index is 0.225. The molecular formula is C23H28Cl2N2O5S. The first-order valence-electron chi connectivity index (χ1n) is 10.7. The van der Waals surface area contributed by atoms with E-state index in [9.17, 15) is 13.2 Å².